The number of quaternary nitrogens is 1. The van der Waals surface area contributed by atoms with E-state index in [-0.39, 0.29) is 12.2 Å². The van der Waals surface area contributed by atoms with Gasteiger partial charge in [-0.15, -0.1) is 0 Å². The van der Waals surface area contributed by atoms with E-state index in [9.17, 15) is 53.3 Å². The monoisotopic (exact) mass is 602 g/mol. The van der Waals surface area contributed by atoms with Crippen molar-refractivity contribution in [2.75, 3.05) is 6.61 Å². The molecule has 0 aliphatic carbocycles. The summed E-state index contributed by atoms with van der Waals surface area (Å²) in [6, 6.07) is -0.372. The molecule has 0 unspecified atom stereocenters. The Bertz CT molecular complexity index is 1160. The molecule has 1 aromatic rings. The fraction of sp³-hybridized carbons (Fsp3) is 0.455. The van der Waals surface area contributed by atoms with Gasteiger partial charge in [0.15, 0.2) is 6.04 Å². The quantitative estimate of drug-likeness (QED) is 0.0771. The van der Waals surface area contributed by atoms with Crippen molar-refractivity contribution in [1.29, 1.82) is 0 Å². The number of carbonyl (C=O) groups excluding carboxylic acids is 6. The van der Waals surface area contributed by atoms with E-state index in [1.165, 1.54) is 24.3 Å². The standard InChI is InChI=1S/C22H33N6O12P/c23-13(10-40-41(37,38)39)20(34)26-14(5-7-17(24)30)21(35)27-15(6-8-18(31)32)22(36)28-16(19(25)33)9-11-1-3-12(29)4-2-11/h1-4,13-16,29H,5-10,23H2,(H2,24,30)(H2,25,33)(H,26,34)(H,27,35)(H,28,36)(H,31,32)(H2,37,38,39)/p-2/t13-,14-,15-,16-/m0/s1. The third-order valence-electron chi connectivity index (χ3n) is 5.42. The third-order valence-corrected chi connectivity index (χ3v) is 5.89. The molecule has 0 saturated carbocycles. The molecule has 19 heteroatoms. The summed E-state index contributed by atoms with van der Waals surface area (Å²) in [4.78, 5) is 94.0. The molecular formula is C22H31N6O12P-2. The fourth-order valence-corrected chi connectivity index (χ4v) is 3.63. The number of benzene rings is 1. The second kappa shape index (κ2) is 16.2. The van der Waals surface area contributed by atoms with E-state index in [2.05, 4.69) is 26.2 Å². The number of carbonyl (C=O) groups is 6. The summed E-state index contributed by atoms with van der Waals surface area (Å²) in [6.45, 7) is -0.952. The Morgan fingerprint density at radius 3 is 1.83 bits per heavy atom. The highest BCUT2D eigenvalue weighted by Gasteiger charge is 2.31. The van der Waals surface area contributed by atoms with Crippen LogP contribution in [-0.2, 0) is 44.3 Å². The number of phosphoric ester groups is 1. The van der Waals surface area contributed by atoms with Crippen LogP contribution in [0.2, 0.25) is 0 Å². The summed E-state index contributed by atoms with van der Waals surface area (Å²) in [5, 5.41) is 27.1. The third kappa shape index (κ3) is 14.2. The molecule has 228 valence electrons. The van der Waals surface area contributed by atoms with E-state index in [0.717, 1.165) is 0 Å². The normalized spacial score (nSPS) is 14.1. The minimum absolute atomic E-state index is 0.0510. The van der Waals surface area contributed by atoms with Gasteiger partial charge >= 0.3 is 0 Å². The SMILES string of the molecule is NC(=O)CC[C@H](NC(=O)[C@@H]([NH3+])COP(=O)([O-])[O-])C(=O)N[C@@H](CCC(=O)[O-])C(=O)N[C@@H](Cc1ccc(O)cc1)C(N)=O. The molecular weight excluding hydrogens is 571 g/mol. The van der Waals surface area contributed by atoms with Crippen LogP contribution in [0.15, 0.2) is 24.3 Å². The van der Waals surface area contributed by atoms with Crippen molar-refractivity contribution in [3.05, 3.63) is 29.8 Å². The van der Waals surface area contributed by atoms with Crippen LogP contribution in [0, 0.1) is 0 Å². The Balaban J connectivity index is 3.08. The van der Waals surface area contributed by atoms with Crippen molar-refractivity contribution in [2.24, 2.45) is 11.5 Å². The van der Waals surface area contributed by atoms with Gasteiger partial charge in [0.25, 0.3) is 5.91 Å². The number of carboxylic acid groups (broad SMARTS) is 1. The van der Waals surface area contributed by atoms with E-state index in [0.29, 0.717) is 5.56 Å². The number of rotatable bonds is 18. The first-order valence-corrected chi connectivity index (χ1v) is 13.4. The average molecular weight is 602 g/mol. The first-order valence-electron chi connectivity index (χ1n) is 11.9. The Kier molecular flexibility index (Phi) is 13.8. The van der Waals surface area contributed by atoms with E-state index in [1.807, 2.05) is 0 Å². The Morgan fingerprint density at radius 2 is 1.37 bits per heavy atom. The predicted molar refractivity (Wildman–Crippen MR) is 130 cm³/mol. The summed E-state index contributed by atoms with van der Waals surface area (Å²) in [5.41, 5.74) is 14.3. The Labute approximate surface area is 233 Å². The van der Waals surface area contributed by atoms with Gasteiger partial charge in [0.2, 0.25) is 23.6 Å². The molecule has 0 fully saturated rings. The van der Waals surface area contributed by atoms with Gasteiger partial charge < -0.3 is 67.0 Å². The minimum Gasteiger partial charge on any atom is -0.790 e. The first kappa shape index (κ1) is 34.9. The number of primary amides is 2. The second-order valence-corrected chi connectivity index (χ2v) is 9.96. The van der Waals surface area contributed by atoms with E-state index in [4.69, 9.17) is 11.5 Å². The maximum absolute atomic E-state index is 13.0. The Hall–Kier alpha value is -4.09. The van der Waals surface area contributed by atoms with E-state index < -0.39 is 99.8 Å². The summed E-state index contributed by atoms with van der Waals surface area (Å²) < 4.78 is 14.6. The van der Waals surface area contributed by atoms with Crippen LogP contribution in [0.25, 0.3) is 0 Å². The topological polar surface area (TPSA) is 334 Å². The van der Waals surface area contributed by atoms with Gasteiger partial charge in [-0.2, -0.15) is 0 Å². The maximum Gasteiger partial charge on any atom is 0.281 e. The van der Waals surface area contributed by atoms with Crippen LogP contribution >= 0.6 is 7.82 Å². The van der Waals surface area contributed by atoms with Crippen molar-refractivity contribution < 1.29 is 63.6 Å². The van der Waals surface area contributed by atoms with Gasteiger partial charge in [0, 0.05) is 18.8 Å². The van der Waals surface area contributed by atoms with Gasteiger partial charge in [-0.1, -0.05) is 12.1 Å². The lowest BCUT2D eigenvalue weighted by atomic mass is 10.0. The highest BCUT2D eigenvalue weighted by molar-refractivity contribution is 7.43. The number of nitrogens with two attached hydrogens (primary N) is 2. The molecule has 18 nitrogen and oxygen atoms in total. The number of hydrogen-bond donors (Lipinski definition) is 7. The second-order valence-electron chi connectivity index (χ2n) is 8.81. The van der Waals surface area contributed by atoms with Crippen molar-refractivity contribution in [2.45, 2.75) is 56.3 Å². The summed E-state index contributed by atoms with van der Waals surface area (Å²) in [5.74, 6) is -6.63. The van der Waals surface area contributed by atoms with Crippen LogP contribution in [-0.4, -0.2) is 71.4 Å². The number of phenolic OH excluding ortho intramolecular Hbond substituents is 1. The van der Waals surface area contributed by atoms with Crippen molar-refractivity contribution >= 4 is 43.3 Å². The number of nitrogens with one attached hydrogen (secondary N) is 3. The molecule has 1 aromatic carbocycles. The van der Waals surface area contributed by atoms with Gasteiger partial charge in [-0.3, -0.25) is 24.0 Å². The molecule has 1 rings (SSSR count). The molecule has 5 amide bonds. The van der Waals surface area contributed by atoms with Gasteiger partial charge in [-0.05, 0) is 37.0 Å². The average Bonchev–Trinajstić information content (AvgIpc) is 2.87. The van der Waals surface area contributed by atoms with Crippen molar-refractivity contribution in [3.63, 3.8) is 0 Å². The molecule has 0 spiro atoms. The largest absolute Gasteiger partial charge is 0.790 e. The van der Waals surface area contributed by atoms with Crippen LogP contribution in [0.5, 0.6) is 5.75 Å². The molecule has 0 aliphatic heterocycles. The van der Waals surface area contributed by atoms with Crippen LogP contribution < -0.4 is 48.0 Å². The van der Waals surface area contributed by atoms with Crippen LogP contribution in [0.3, 0.4) is 0 Å². The number of aliphatic carboxylic acids is 1. The first-order chi connectivity index (χ1) is 19.0. The molecule has 0 bridgehead atoms. The van der Waals surface area contributed by atoms with Crippen molar-refractivity contribution in [1.82, 2.24) is 16.0 Å². The molecule has 0 radical (unpaired) electrons. The molecule has 11 N–H and O–H groups in total. The number of amides is 5. The Morgan fingerprint density at radius 1 is 0.878 bits per heavy atom. The lowest BCUT2D eigenvalue weighted by Crippen LogP contribution is -2.71. The number of aromatic hydroxyl groups is 1. The smallest absolute Gasteiger partial charge is 0.281 e. The van der Waals surface area contributed by atoms with E-state index in [1.54, 1.807) is 0 Å². The molecule has 0 aliphatic rings. The number of carboxylic acids is 1. The molecule has 41 heavy (non-hydrogen) atoms. The highest BCUT2D eigenvalue weighted by Crippen LogP contribution is 2.23. The van der Waals surface area contributed by atoms with Gasteiger partial charge in [-0.25, -0.2) is 0 Å². The van der Waals surface area contributed by atoms with Gasteiger partial charge in [0.05, 0.1) is 7.82 Å². The maximum atomic E-state index is 13.0. The predicted octanol–water partition coefficient (Wildman–Crippen LogP) is -6.87. The van der Waals surface area contributed by atoms with Crippen LogP contribution in [0.1, 0.15) is 31.2 Å². The van der Waals surface area contributed by atoms with E-state index >= 15 is 0 Å². The minimum atomic E-state index is -5.43. The zero-order valence-electron chi connectivity index (χ0n) is 21.6. The van der Waals surface area contributed by atoms with Gasteiger partial charge in [0.1, 0.15) is 30.5 Å². The molecule has 0 aromatic heterocycles. The molecule has 4 atom stereocenters. The summed E-state index contributed by atoms with van der Waals surface area (Å²) >= 11 is 0. The number of phenols is 1. The fourth-order valence-electron chi connectivity index (χ4n) is 3.27. The number of phosphoric acid groups is 1. The zero-order valence-corrected chi connectivity index (χ0v) is 22.5. The zero-order chi connectivity index (χ0) is 31.3. The van der Waals surface area contributed by atoms with Crippen molar-refractivity contribution in [3.8, 4) is 5.75 Å². The lowest BCUT2D eigenvalue weighted by molar-refractivity contribution is -0.414. The highest BCUT2D eigenvalue weighted by atomic mass is 31.2. The molecule has 0 heterocycles. The molecule has 0 saturated heterocycles. The van der Waals surface area contributed by atoms with Crippen LogP contribution in [0.4, 0.5) is 0 Å². The summed E-state index contributed by atoms with van der Waals surface area (Å²) in [6.07, 6.45) is -2.18. The summed E-state index contributed by atoms with van der Waals surface area (Å²) in [7, 11) is -5.43. The lowest BCUT2D eigenvalue weighted by Gasteiger charge is -2.29. The number of hydrogen-bond acceptors (Lipinski definition) is 12.